The number of imidazole rings is 1. The van der Waals surface area contributed by atoms with Gasteiger partial charge in [-0.15, -0.1) is 5.10 Å². The number of carbonyl (C=O) groups excluding carboxylic acids is 2. The molecule has 2 saturated carbocycles. The summed E-state index contributed by atoms with van der Waals surface area (Å²) < 4.78 is 3.58. The minimum atomic E-state index is -0.283. The van der Waals surface area contributed by atoms with Crippen LogP contribution in [0.2, 0.25) is 5.02 Å². The third-order valence-electron chi connectivity index (χ3n) is 8.14. The molecular weight excluding hydrogens is 492 g/mol. The molecule has 37 heavy (non-hydrogen) atoms. The van der Waals surface area contributed by atoms with Crippen molar-refractivity contribution < 1.29 is 9.59 Å². The highest BCUT2D eigenvalue weighted by Gasteiger charge is 2.53. The number of fused-ring (bicyclic) bond motifs is 1. The van der Waals surface area contributed by atoms with E-state index in [1.807, 2.05) is 31.5 Å². The molecule has 1 aromatic carbocycles. The molecule has 2 amide bonds. The van der Waals surface area contributed by atoms with Crippen LogP contribution in [0.1, 0.15) is 71.1 Å². The van der Waals surface area contributed by atoms with E-state index in [4.69, 9.17) is 16.6 Å². The molecule has 190 valence electrons. The van der Waals surface area contributed by atoms with Crippen molar-refractivity contribution in [3.05, 3.63) is 57.6 Å². The third-order valence-corrected chi connectivity index (χ3v) is 8.38. The van der Waals surface area contributed by atoms with Crippen LogP contribution in [0.5, 0.6) is 0 Å². The summed E-state index contributed by atoms with van der Waals surface area (Å²) in [6, 6.07) is 7.24. The first-order valence-corrected chi connectivity index (χ1v) is 12.9. The Morgan fingerprint density at radius 3 is 2.78 bits per heavy atom. The standard InChI is InChI=1S/C26H27ClN8O2/c1-13-23(30-26(33(13)3)34-11-17-8-21(17)25(34)37)14(2)35-12-22(31-32-35)24(36)29-19-6-16(7-19)20-9-18(27)5-4-15(20)10-28/h4-5,9,12,14,16-17,19,21H,6-8,11H2,1-3H3,(H,29,36)/t14-,16?,17+,19?,21+/m0/s1. The third kappa shape index (κ3) is 3.98. The van der Waals surface area contributed by atoms with Crippen LogP contribution in [-0.4, -0.2) is 48.9 Å². The van der Waals surface area contributed by atoms with Crippen molar-refractivity contribution in [3.63, 3.8) is 0 Å². The van der Waals surface area contributed by atoms with Gasteiger partial charge in [0.2, 0.25) is 11.9 Å². The van der Waals surface area contributed by atoms with Crippen LogP contribution >= 0.6 is 11.6 Å². The predicted octanol–water partition coefficient (Wildman–Crippen LogP) is 3.11. The SMILES string of the molecule is Cc1c([C@H](C)n2cc(C(=O)NC3CC(c4cc(Cl)ccc4C#N)C3)nn2)nc(N2C[C@H]3C[C@H]3C2=O)n1C. The molecule has 3 fully saturated rings. The van der Waals surface area contributed by atoms with Crippen molar-refractivity contribution in [1.29, 1.82) is 5.26 Å². The Labute approximate surface area is 219 Å². The number of rotatable bonds is 6. The van der Waals surface area contributed by atoms with Gasteiger partial charge in [-0.3, -0.25) is 14.5 Å². The number of nitrogens with zero attached hydrogens (tertiary/aromatic N) is 7. The molecule has 6 rings (SSSR count). The molecule has 11 heteroatoms. The lowest BCUT2D eigenvalue weighted by molar-refractivity contribution is -0.118. The van der Waals surface area contributed by atoms with Crippen molar-refractivity contribution in [3.8, 4) is 6.07 Å². The highest BCUT2D eigenvalue weighted by Crippen LogP contribution is 2.47. The fourth-order valence-electron chi connectivity index (χ4n) is 5.60. The number of carbonyl (C=O) groups is 2. The second-order valence-corrected chi connectivity index (χ2v) is 10.9. The van der Waals surface area contributed by atoms with Crippen molar-refractivity contribution in [1.82, 2.24) is 29.9 Å². The number of piperidine rings is 1. The Bertz CT molecular complexity index is 1460. The Morgan fingerprint density at radius 2 is 2.08 bits per heavy atom. The van der Waals surface area contributed by atoms with Gasteiger partial charge in [0, 0.05) is 36.3 Å². The number of nitriles is 1. The molecule has 10 nitrogen and oxygen atoms in total. The molecule has 3 aromatic rings. The van der Waals surface area contributed by atoms with Gasteiger partial charge in [-0.05, 0) is 68.7 Å². The van der Waals surface area contributed by atoms with E-state index in [1.165, 1.54) is 0 Å². The summed E-state index contributed by atoms with van der Waals surface area (Å²) in [7, 11) is 1.92. The molecule has 0 unspecified atom stereocenters. The fraction of sp³-hybridized carbons (Fsp3) is 0.462. The van der Waals surface area contributed by atoms with Gasteiger partial charge >= 0.3 is 0 Å². The molecule has 0 radical (unpaired) electrons. The van der Waals surface area contributed by atoms with Crippen molar-refractivity contribution in [2.24, 2.45) is 18.9 Å². The Hall–Kier alpha value is -3.71. The van der Waals surface area contributed by atoms with Crippen LogP contribution in [0.3, 0.4) is 0 Å². The molecule has 1 N–H and O–H groups in total. The van der Waals surface area contributed by atoms with E-state index >= 15 is 0 Å². The second-order valence-electron chi connectivity index (χ2n) is 10.4. The van der Waals surface area contributed by atoms with Crippen LogP contribution < -0.4 is 10.2 Å². The molecule has 3 atom stereocenters. The number of anilines is 1. The van der Waals surface area contributed by atoms with Crippen LogP contribution in [0.15, 0.2) is 24.4 Å². The zero-order valence-corrected chi connectivity index (χ0v) is 21.6. The minimum Gasteiger partial charge on any atom is -0.348 e. The summed E-state index contributed by atoms with van der Waals surface area (Å²) in [6.07, 6.45) is 4.09. The lowest BCUT2D eigenvalue weighted by Gasteiger charge is -2.36. The summed E-state index contributed by atoms with van der Waals surface area (Å²) in [5.41, 5.74) is 3.52. The van der Waals surface area contributed by atoms with Gasteiger partial charge in [0.25, 0.3) is 5.91 Å². The number of hydrogen-bond acceptors (Lipinski definition) is 6. The smallest absolute Gasteiger partial charge is 0.273 e. The van der Waals surface area contributed by atoms with Crippen molar-refractivity contribution >= 4 is 29.4 Å². The molecule has 1 aliphatic heterocycles. The number of halogens is 1. The summed E-state index contributed by atoms with van der Waals surface area (Å²) in [4.78, 5) is 32.0. The first-order chi connectivity index (χ1) is 17.7. The van der Waals surface area contributed by atoms with Gasteiger partial charge in [0.1, 0.15) is 0 Å². The fourth-order valence-corrected chi connectivity index (χ4v) is 5.78. The maximum atomic E-state index is 12.8. The Morgan fingerprint density at radius 1 is 1.30 bits per heavy atom. The summed E-state index contributed by atoms with van der Waals surface area (Å²) in [5.74, 6) is 1.35. The van der Waals surface area contributed by atoms with Gasteiger partial charge in [-0.2, -0.15) is 5.26 Å². The highest BCUT2D eigenvalue weighted by atomic mass is 35.5. The number of nitrogens with one attached hydrogen (secondary N) is 1. The Balaban J connectivity index is 1.11. The van der Waals surface area contributed by atoms with E-state index in [0.717, 1.165) is 42.8 Å². The first-order valence-electron chi connectivity index (χ1n) is 12.5. The zero-order chi connectivity index (χ0) is 26.0. The van der Waals surface area contributed by atoms with E-state index in [2.05, 4.69) is 21.7 Å². The van der Waals surface area contributed by atoms with Crippen LogP contribution in [0.25, 0.3) is 0 Å². The summed E-state index contributed by atoms with van der Waals surface area (Å²) in [6.45, 7) is 4.65. The van der Waals surface area contributed by atoms with Gasteiger partial charge < -0.3 is 9.88 Å². The molecule has 2 aromatic heterocycles. The number of benzene rings is 1. The summed E-state index contributed by atoms with van der Waals surface area (Å²) in [5, 5.41) is 21.3. The van der Waals surface area contributed by atoms with E-state index < -0.39 is 0 Å². The number of hydrogen-bond donors (Lipinski definition) is 1. The van der Waals surface area contributed by atoms with Gasteiger partial charge in [0.05, 0.1) is 29.6 Å². The molecule has 0 spiro atoms. The lowest BCUT2D eigenvalue weighted by Crippen LogP contribution is -2.43. The predicted molar refractivity (Wildman–Crippen MR) is 135 cm³/mol. The zero-order valence-electron chi connectivity index (χ0n) is 20.8. The average Bonchev–Trinajstić information content (AvgIpc) is 3.17. The number of aromatic nitrogens is 5. The average molecular weight is 519 g/mol. The molecule has 3 heterocycles. The minimum absolute atomic E-state index is 0.00426. The Kier molecular flexibility index (Phi) is 5.57. The van der Waals surface area contributed by atoms with E-state index in [-0.39, 0.29) is 41.4 Å². The van der Waals surface area contributed by atoms with Crippen molar-refractivity contribution in [2.75, 3.05) is 11.4 Å². The first kappa shape index (κ1) is 23.7. The van der Waals surface area contributed by atoms with Crippen LogP contribution in [-0.2, 0) is 11.8 Å². The topological polar surface area (TPSA) is 122 Å². The van der Waals surface area contributed by atoms with Crippen molar-refractivity contribution in [2.45, 2.75) is 51.1 Å². The second kappa shape index (κ2) is 8.70. The molecular formula is C26H27ClN8O2. The molecule has 0 bridgehead atoms. The molecule has 1 saturated heterocycles. The molecule has 3 aliphatic rings. The maximum Gasteiger partial charge on any atom is 0.273 e. The van der Waals surface area contributed by atoms with Crippen LogP contribution in [0.4, 0.5) is 5.95 Å². The summed E-state index contributed by atoms with van der Waals surface area (Å²) >= 11 is 6.12. The largest absolute Gasteiger partial charge is 0.348 e. The number of amides is 2. The van der Waals surface area contributed by atoms with Gasteiger partial charge in [-0.1, -0.05) is 16.8 Å². The maximum absolute atomic E-state index is 12.8. The monoisotopic (exact) mass is 518 g/mol. The van der Waals surface area contributed by atoms with E-state index in [0.29, 0.717) is 22.5 Å². The normalized spacial score (nSPS) is 24.8. The van der Waals surface area contributed by atoms with E-state index in [1.54, 1.807) is 27.9 Å². The van der Waals surface area contributed by atoms with E-state index in [9.17, 15) is 14.9 Å². The van der Waals surface area contributed by atoms with Crippen LogP contribution in [0, 0.1) is 30.1 Å². The highest BCUT2D eigenvalue weighted by molar-refractivity contribution is 6.30. The van der Waals surface area contributed by atoms with Gasteiger partial charge in [-0.25, -0.2) is 9.67 Å². The quantitative estimate of drug-likeness (QED) is 0.535. The van der Waals surface area contributed by atoms with Gasteiger partial charge in [0.15, 0.2) is 5.69 Å². The molecule has 2 aliphatic carbocycles. The lowest BCUT2D eigenvalue weighted by atomic mass is 9.74.